The molecule has 4 nitrogen and oxygen atoms in total. The number of benzene rings is 1. The Balaban J connectivity index is 1.90. The molecule has 1 aromatic rings. The van der Waals surface area contributed by atoms with Crippen molar-refractivity contribution in [1.29, 1.82) is 0 Å². The van der Waals surface area contributed by atoms with Crippen LogP contribution in [0.25, 0.3) is 0 Å². The summed E-state index contributed by atoms with van der Waals surface area (Å²) in [6.45, 7) is 2.36. The van der Waals surface area contributed by atoms with Crippen LogP contribution in [0, 0.1) is 5.92 Å². The van der Waals surface area contributed by atoms with Crippen molar-refractivity contribution in [2.24, 2.45) is 5.92 Å². The minimum Gasteiger partial charge on any atom is -0.387 e. The summed E-state index contributed by atoms with van der Waals surface area (Å²) in [5, 5.41) is 6.04. The first-order valence-corrected chi connectivity index (χ1v) is 6.44. The number of rotatable bonds is 4. The second-order valence-corrected chi connectivity index (χ2v) is 4.56. The smallest absolute Gasteiger partial charge is 0.253 e. The maximum absolute atomic E-state index is 12.1. The number of ether oxygens (including phenoxy) is 1. The number of para-hydroxylation sites is 1. The summed E-state index contributed by atoms with van der Waals surface area (Å²) in [7, 11) is 1.82. The molecule has 0 aliphatic carbocycles. The molecule has 0 bridgehead atoms. The number of anilines is 1. The van der Waals surface area contributed by atoms with E-state index in [2.05, 4.69) is 10.6 Å². The predicted octanol–water partition coefficient (Wildman–Crippen LogP) is 1.88. The second-order valence-electron chi connectivity index (χ2n) is 4.56. The van der Waals surface area contributed by atoms with E-state index in [1.165, 1.54) is 0 Å². The van der Waals surface area contributed by atoms with E-state index in [4.69, 9.17) is 4.74 Å². The Bertz CT molecular complexity index is 401. The van der Waals surface area contributed by atoms with Crippen LogP contribution in [0.1, 0.15) is 23.2 Å². The fraction of sp³-hybridized carbons (Fsp3) is 0.500. The van der Waals surface area contributed by atoms with Crippen molar-refractivity contribution in [1.82, 2.24) is 5.32 Å². The van der Waals surface area contributed by atoms with E-state index in [0.29, 0.717) is 11.5 Å². The largest absolute Gasteiger partial charge is 0.387 e. The minimum atomic E-state index is -0.00792. The highest BCUT2D eigenvalue weighted by atomic mass is 16.5. The highest BCUT2D eigenvalue weighted by Gasteiger charge is 2.16. The lowest BCUT2D eigenvalue weighted by atomic mass is 10.0. The van der Waals surface area contributed by atoms with Gasteiger partial charge in [0.05, 0.1) is 5.56 Å². The monoisotopic (exact) mass is 248 g/mol. The summed E-state index contributed by atoms with van der Waals surface area (Å²) in [5.41, 5.74) is 1.56. The molecule has 0 aromatic heterocycles. The summed E-state index contributed by atoms with van der Waals surface area (Å²) >= 11 is 0. The van der Waals surface area contributed by atoms with Crippen molar-refractivity contribution >= 4 is 11.6 Å². The fourth-order valence-corrected chi connectivity index (χ4v) is 2.18. The molecule has 1 amide bonds. The molecule has 1 heterocycles. The molecule has 0 saturated carbocycles. The molecule has 0 unspecified atom stereocenters. The van der Waals surface area contributed by atoms with Gasteiger partial charge in [-0.05, 0) is 30.9 Å². The molecule has 1 aromatic carbocycles. The topological polar surface area (TPSA) is 50.4 Å². The molecular weight excluding hydrogens is 228 g/mol. The number of amides is 1. The average molecular weight is 248 g/mol. The minimum absolute atomic E-state index is 0.00792. The van der Waals surface area contributed by atoms with Gasteiger partial charge in [-0.2, -0.15) is 0 Å². The molecule has 1 saturated heterocycles. The van der Waals surface area contributed by atoms with E-state index in [0.717, 1.165) is 38.3 Å². The third kappa shape index (κ3) is 3.23. The zero-order valence-electron chi connectivity index (χ0n) is 10.7. The lowest BCUT2D eigenvalue weighted by molar-refractivity contribution is 0.0643. The second kappa shape index (κ2) is 6.40. The van der Waals surface area contributed by atoms with Gasteiger partial charge in [0.15, 0.2) is 0 Å². The Morgan fingerprint density at radius 1 is 1.33 bits per heavy atom. The maximum Gasteiger partial charge on any atom is 0.253 e. The molecule has 1 aliphatic heterocycles. The van der Waals surface area contributed by atoms with Crippen LogP contribution in [-0.2, 0) is 4.74 Å². The average Bonchev–Trinajstić information content (AvgIpc) is 2.45. The Kier molecular flexibility index (Phi) is 4.59. The summed E-state index contributed by atoms with van der Waals surface area (Å²) in [6.07, 6.45) is 2.07. The van der Waals surface area contributed by atoms with Crippen molar-refractivity contribution in [2.45, 2.75) is 12.8 Å². The number of carbonyl (C=O) groups is 1. The highest BCUT2D eigenvalue weighted by molar-refractivity contribution is 5.99. The van der Waals surface area contributed by atoms with Crippen molar-refractivity contribution in [3.8, 4) is 0 Å². The van der Waals surface area contributed by atoms with Crippen LogP contribution >= 0.6 is 0 Å². The standard InChI is InChI=1S/C14H20N2O2/c1-15-13-5-3-2-4-12(13)14(17)16-10-11-6-8-18-9-7-11/h2-5,11,15H,6-10H2,1H3,(H,16,17). The molecule has 2 rings (SSSR count). The van der Waals surface area contributed by atoms with Crippen LogP contribution in [0.15, 0.2) is 24.3 Å². The van der Waals surface area contributed by atoms with E-state index in [9.17, 15) is 4.79 Å². The fourth-order valence-electron chi connectivity index (χ4n) is 2.18. The van der Waals surface area contributed by atoms with E-state index in [1.54, 1.807) is 0 Å². The van der Waals surface area contributed by atoms with Gasteiger partial charge in [-0.25, -0.2) is 0 Å². The Hall–Kier alpha value is -1.55. The normalized spacial score (nSPS) is 16.3. The van der Waals surface area contributed by atoms with Gasteiger partial charge in [0, 0.05) is 32.5 Å². The third-order valence-corrected chi connectivity index (χ3v) is 3.33. The summed E-state index contributed by atoms with van der Waals surface area (Å²) in [6, 6.07) is 7.54. The van der Waals surface area contributed by atoms with Gasteiger partial charge < -0.3 is 15.4 Å². The highest BCUT2D eigenvalue weighted by Crippen LogP contribution is 2.16. The van der Waals surface area contributed by atoms with Crippen LogP contribution in [0.2, 0.25) is 0 Å². The first-order valence-electron chi connectivity index (χ1n) is 6.44. The molecule has 98 valence electrons. The van der Waals surface area contributed by atoms with Crippen molar-refractivity contribution in [3.63, 3.8) is 0 Å². The molecule has 2 N–H and O–H groups in total. The number of carbonyl (C=O) groups excluding carboxylic acids is 1. The third-order valence-electron chi connectivity index (χ3n) is 3.33. The molecular formula is C14H20N2O2. The van der Waals surface area contributed by atoms with Gasteiger partial charge in [-0.15, -0.1) is 0 Å². The van der Waals surface area contributed by atoms with Crippen LogP contribution < -0.4 is 10.6 Å². The zero-order chi connectivity index (χ0) is 12.8. The van der Waals surface area contributed by atoms with Crippen LogP contribution in [0.5, 0.6) is 0 Å². The Labute approximate surface area is 108 Å². The summed E-state index contributed by atoms with van der Waals surface area (Å²) < 4.78 is 5.30. The van der Waals surface area contributed by atoms with Crippen LogP contribution in [0.4, 0.5) is 5.69 Å². The van der Waals surface area contributed by atoms with E-state index < -0.39 is 0 Å². The predicted molar refractivity (Wildman–Crippen MR) is 71.9 cm³/mol. The Morgan fingerprint density at radius 3 is 2.78 bits per heavy atom. The first kappa shape index (κ1) is 12.9. The van der Waals surface area contributed by atoms with Crippen molar-refractivity contribution in [3.05, 3.63) is 29.8 Å². The Morgan fingerprint density at radius 2 is 2.06 bits per heavy atom. The summed E-state index contributed by atoms with van der Waals surface area (Å²) in [5.74, 6) is 0.538. The van der Waals surface area contributed by atoms with Gasteiger partial charge >= 0.3 is 0 Å². The molecule has 4 heteroatoms. The molecule has 1 fully saturated rings. The van der Waals surface area contributed by atoms with Crippen molar-refractivity contribution < 1.29 is 9.53 Å². The number of hydrogen-bond acceptors (Lipinski definition) is 3. The first-order chi connectivity index (χ1) is 8.81. The summed E-state index contributed by atoms with van der Waals surface area (Å²) in [4.78, 5) is 12.1. The van der Waals surface area contributed by atoms with E-state index in [-0.39, 0.29) is 5.91 Å². The van der Waals surface area contributed by atoms with Gasteiger partial charge in [-0.3, -0.25) is 4.79 Å². The van der Waals surface area contributed by atoms with Gasteiger partial charge in [-0.1, -0.05) is 12.1 Å². The molecule has 18 heavy (non-hydrogen) atoms. The van der Waals surface area contributed by atoms with Gasteiger partial charge in [0.2, 0.25) is 0 Å². The zero-order valence-corrected chi connectivity index (χ0v) is 10.7. The lowest BCUT2D eigenvalue weighted by Gasteiger charge is -2.22. The van der Waals surface area contributed by atoms with Crippen LogP contribution in [-0.4, -0.2) is 32.7 Å². The quantitative estimate of drug-likeness (QED) is 0.855. The molecule has 0 atom stereocenters. The van der Waals surface area contributed by atoms with Gasteiger partial charge in [0.25, 0.3) is 5.91 Å². The lowest BCUT2D eigenvalue weighted by Crippen LogP contribution is -2.32. The van der Waals surface area contributed by atoms with Gasteiger partial charge in [0.1, 0.15) is 0 Å². The maximum atomic E-state index is 12.1. The van der Waals surface area contributed by atoms with Crippen LogP contribution in [0.3, 0.4) is 0 Å². The SMILES string of the molecule is CNc1ccccc1C(=O)NCC1CCOCC1. The number of nitrogens with one attached hydrogen (secondary N) is 2. The van der Waals surface area contributed by atoms with E-state index >= 15 is 0 Å². The van der Waals surface area contributed by atoms with Crippen molar-refractivity contribution in [2.75, 3.05) is 32.1 Å². The molecule has 0 radical (unpaired) electrons. The van der Waals surface area contributed by atoms with E-state index in [1.807, 2.05) is 31.3 Å². The number of hydrogen-bond donors (Lipinski definition) is 2. The molecule has 1 aliphatic rings. The molecule has 0 spiro atoms.